The Bertz CT molecular complexity index is 1580. The fourth-order valence-electron chi connectivity index (χ4n) is 6.17. The van der Waals surface area contributed by atoms with Crippen molar-refractivity contribution >= 4 is 27.6 Å². The van der Waals surface area contributed by atoms with Gasteiger partial charge in [-0.2, -0.15) is 0 Å². The van der Waals surface area contributed by atoms with E-state index in [1.165, 1.54) is 32.2 Å². The van der Waals surface area contributed by atoms with E-state index in [9.17, 15) is 0 Å². The fourth-order valence-corrected chi connectivity index (χ4v) is 6.17. The predicted molar refractivity (Wildman–Crippen MR) is 158 cm³/mol. The number of benzene rings is 2. The van der Waals surface area contributed by atoms with Gasteiger partial charge < -0.3 is 20.2 Å². The molecule has 5 nitrogen and oxygen atoms in total. The second-order valence-electron chi connectivity index (χ2n) is 10.9. The first-order chi connectivity index (χ1) is 18.5. The molecule has 6 heteroatoms. The molecule has 5 aromatic rings. The van der Waals surface area contributed by atoms with E-state index < -0.39 is 0 Å². The van der Waals surface area contributed by atoms with E-state index >= 15 is 0 Å². The number of nitrogens with zero attached hydrogens (tertiary/aromatic N) is 4. The van der Waals surface area contributed by atoms with Crippen molar-refractivity contribution in [3.8, 4) is 22.4 Å². The molecule has 1 saturated carbocycles. The summed E-state index contributed by atoms with van der Waals surface area (Å²) in [6, 6.07) is 22.4. The van der Waals surface area contributed by atoms with Crippen LogP contribution in [0.25, 0.3) is 44.3 Å². The molecule has 1 radical (unpaired) electrons. The molecule has 1 fully saturated rings. The van der Waals surface area contributed by atoms with E-state index in [0.29, 0.717) is 6.04 Å². The van der Waals surface area contributed by atoms with Crippen LogP contribution in [0.4, 0.5) is 5.69 Å². The van der Waals surface area contributed by atoms with Gasteiger partial charge in [0.1, 0.15) is 5.65 Å². The van der Waals surface area contributed by atoms with E-state index in [1.54, 1.807) is 0 Å². The molecular weight excluding hydrogens is 555 g/mol. The molecule has 0 amide bonds. The maximum absolute atomic E-state index is 6.61. The summed E-state index contributed by atoms with van der Waals surface area (Å²) in [5, 5.41) is 2.07. The minimum absolute atomic E-state index is 0. The van der Waals surface area contributed by atoms with Crippen molar-refractivity contribution in [1.82, 2.24) is 19.4 Å². The van der Waals surface area contributed by atoms with Crippen molar-refractivity contribution in [2.45, 2.75) is 45.6 Å². The van der Waals surface area contributed by atoms with Gasteiger partial charge in [-0.3, -0.25) is 0 Å². The van der Waals surface area contributed by atoms with Gasteiger partial charge in [-0.15, -0.1) is 23.6 Å². The summed E-state index contributed by atoms with van der Waals surface area (Å²) in [4.78, 5) is 12.4. The van der Waals surface area contributed by atoms with Gasteiger partial charge in [0.25, 0.3) is 0 Å². The predicted octanol–water partition coefficient (Wildman–Crippen LogP) is 7.29. The second kappa shape index (κ2) is 11.9. The maximum Gasteiger partial charge on any atom is 0.142 e. The van der Waals surface area contributed by atoms with E-state index in [4.69, 9.17) is 15.7 Å². The zero-order valence-electron chi connectivity index (χ0n) is 23.2. The van der Waals surface area contributed by atoms with Crippen LogP contribution in [0.5, 0.6) is 0 Å². The number of rotatable bonds is 6. The van der Waals surface area contributed by atoms with Crippen molar-refractivity contribution in [3.63, 3.8) is 0 Å². The largest absolute Gasteiger partial charge is 0.398 e. The molecule has 3 aromatic heterocycles. The van der Waals surface area contributed by atoms with Gasteiger partial charge in [0, 0.05) is 74.3 Å². The van der Waals surface area contributed by atoms with Gasteiger partial charge in [-0.1, -0.05) is 48.9 Å². The molecule has 6 rings (SSSR count). The summed E-state index contributed by atoms with van der Waals surface area (Å²) in [7, 11) is 2.23. The SMILES string of the molecule is CCN(C)CC1CCC(n2cc(-c3ccc4[c-]cc(-c5ccccc5)nc4c3C)c3c(N)ccnc32)CC1.[Y]. The summed E-state index contributed by atoms with van der Waals surface area (Å²) < 4.78 is 2.41. The molecule has 0 aliphatic heterocycles. The molecule has 39 heavy (non-hydrogen) atoms. The molecule has 0 unspecified atom stereocenters. The van der Waals surface area contributed by atoms with Gasteiger partial charge in [-0.05, 0) is 80.5 Å². The Balaban J connectivity index is 0.00000308. The number of fused-ring (bicyclic) bond motifs is 2. The van der Waals surface area contributed by atoms with Crippen LogP contribution in [0.3, 0.4) is 0 Å². The van der Waals surface area contributed by atoms with Crippen molar-refractivity contribution < 1.29 is 32.7 Å². The first-order valence-electron chi connectivity index (χ1n) is 13.8. The monoisotopic (exact) mass is 591 g/mol. The number of nitrogens with two attached hydrogens (primary N) is 1. The smallest absolute Gasteiger partial charge is 0.142 e. The van der Waals surface area contributed by atoms with Crippen molar-refractivity contribution in [2.75, 3.05) is 25.9 Å². The number of aryl methyl sites for hydroxylation is 1. The molecule has 0 saturated heterocycles. The van der Waals surface area contributed by atoms with Gasteiger partial charge in [0.2, 0.25) is 0 Å². The van der Waals surface area contributed by atoms with E-state index in [2.05, 4.69) is 66.9 Å². The third kappa shape index (κ3) is 5.42. The van der Waals surface area contributed by atoms with Crippen LogP contribution in [0.15, 0.2) is 67.0 Å². The van der Waals surface area contributed by atoms with Crippen LogP contribution in [-0.4, -0.2) is 39.6 Å². The van der Waals surface area contributed by atoms with Crippen LogP contribution in [0, 0.1) is 18.9 Å². The zero-order chi connectivity index (χ0) is 26.2. The minimum atomic E-state index is 0. The van der Waals surface area contributed by atoms with Crippen LogP contribution >= 0.6 is 0 Å². The third-order valence-electron chi connectivity index (χ3n) is 8.45. The molecule has 1 aliphatic rings. The molecular formula is C33H36N5Y-. The Morgan fingerprint density at radius 3 is 2.54 bits per heavy atom. The Kier molecular flexibility index (Phi) is 8.51. The van der Waals surface area contributed by atoms with Crippen molar-refractivity contribution in [3.05, 3.63) is 78.6 Å². The van der Waals surface area contributed by atoms with E-state index in [1.807, 2.05) is 36.5 Å². The van der Waals surface area contributed by atoms with Crippen molar-refractivity contribution in [2.24, 2.45) is 5.92 Å². The van der Waals surface area contributed by atoms with Gasteiger partial charge >= 0.3 is 0 Å². The minimum Gasteiger partial charge on any atom is -0.398 e. The van der Waals surface area contributed by atoms with E-state index in [-0.39, 0.29) is 32.7 Å². The van der Waals surface area contributed by atoms with Gasteiger partial charge in [0.15, 0.2) is 0 Å². The number of hydrogen-bond acceptors (Lipinski definition) is 4. The van der Waals surface area contributed by atoms with Crippen LogP contribution in [0.2, 0.25) is 0 Å². The average Bonchev–Trinajstić information content (AvgIpc) is 3.34. The maximum atomic E-state index is 6.61. The second-order valence-corrected chi connectivity index (χ2v) is 10.9. The first-order valence-corrected chi connectivity index (χ1v) is 13.8. The molecule has 3 heterocycles. The molecule has 2 aromatic carbocycles. The molecule has 1 aliphatic carbocycles. The van der Waals surface area contributed by atoms with Gasteiger partial charge in [0.05, 0.1) is 0 Å². The summed E-state index contributed by atoms with van der Waals surface area (Å²) in [6.07, 6.45) is 9.00. The molecule has 197 valence electrons. The zero-order valence-corrected chi connectivity index (χ0v) is 26.0. The van der Waals surface area contributed by atoms with Crippen LogP contribution in [0.1, 0.15) is 44.2 Å². The fraction of sp³-hybridized carbons (Fsp3) is 0.333. The van der Waals surface area contributed by atoms with E-state index in [0.717, 1.165) is 68.0 Å². The number of nitrogen functional groups attached to an aromatic ring is 1. The summed E-state index contributed by atoms with van der Waals surface area (Å²) >= 11 is 0. The number of hydrogen-bond donors (Lipinski definition) is 1. The summed E-state index contributed by atoms with van der Waals surface area (Å²) in [5.41, 5.74) is 14.8. The standard InChI is InChI=1S/C33H36N5.Y/c1-4-37(3)20-23-10-14-26(15-11-23)38-21-28(31-29(34)18-19-35-33(31)38)27-16-12-25-13-17-30(36-32(25)22(27)2)24-8-6-5-7-9-24;/h5-9,12,16-19,21,23,26H,4,10-11,14-15,20H2,1-3H3,(H2,34,35);/q-1;. The Morgan fingerprint density at radius 1 is 1.03 bits per heavy atom. The quantitative estimate of drug-likeness (QED) is 0.211. The molecule has 0 bridgehead atoms. The third-order valence-corrected chi connectivity index (χ3v) is 8.45. The number of aromatic nitrogens is 3. The van der Waals surface area contributed by atoms with Gasteiger partial charge in [-0.25, -0.2) is 4.98 Å². The van der Waals surface area contributed by atoms with Crippen molar-refractivity contribution in [1.29, 1.82) is 0 Å². The first kappa shape index (κ1) is 28.0. The molecule has 0 spiro atoms. The average molecular weight is 592 g/mol. The molecule has 2 N–H and O–H groups in total. The Labute approximate surface area is 256 Å². The summed E-state index contributed by atoms with van der Waals surface area (Å²) in [5.74, 6) is 0.777. The number of anilines is 1. The Morgan fingerprint density at radius 2 is 1.79 bits per heavy atom. The van der Waals surface area contributed by atoms with Crippen LogP contribution < -0.4 is 5.73 Å². The summed E-state index contributed by atoms with van der Waals surface area (Å²) in [6.45, 7) is 6.70. The van der Waals surface area contributed by atoms with Crippen LogP contribution in [-0.2, 0) is 32.7 Å². The Hall–Kier alpha value is -2.60. The number of pyridine rings is 2. The normalized spacial score (nSPS) is 17.5. The molecule has 0 atom stereocenters. The topological polar surface area (TPSA) is 60.0 Å².